The number of hydrogen-bond donors (Lipinski definition) is 1. The van der Waals surface area contributed by atoms with Crippen LogP contribution >= 0.6 is 0 Å². The Morgan fingerprint density at radius 3 is 2.57 bits per heavy atom. The first-order valence-corrected chi connectivity index (χ1v) is 7.81. The van der Waals surface area contributed by atoms with E-state index in [4.69, 9.17) is 4.52 Å². The quantitative estimate of drug-likeness (QED) is 0.849. The first-order valence-electron chi connectivity index (χ1n) is 7.81. The monoisotopic (exact) mass is 316 g/mol. The first kappa shape index (κ1) is 17.1. The number of carbonyl (C=O) groups is 1. The third-order valence-electron chi connectivity index (χ3n) is 3.74. The van der Waals surface area contributed by atoms with E-state index in [9.17, 15) is 4.79 Å². The van der Waals surface area contributed by atoms with E-state index >= 15 is 0 Å². The Bertz CT molecular complexity index is 625. The maximum absolute atomic E-state index is 12.2. The summed E-state index contributed by atoms with van der Waals surface area (Å²) in [6.07, 6.45) is 0. The van der Waals surface area contributed by atoms with Crippen LogP contribution in [-0.2, 0) is 17.9 Å². The molecule has 1 unspecified atom stereocenters. The summed E-state index contributed by atoms with van der Waals surface area (Å²) in [6, 6.07) is 9.56. The molecule has 1 aromatic heterocycles. The third kappa shape index (κ3) is 4.89. The van der Waals surface area contributed by atoms with E-state index < -0.39 is 0 Å². The summed E-state index contributed by atoms with van der Waals surface area (Å²) < 4.78 is 5.22. The standard InChI is InChI=1S/C17H24N4O2/c1-12(2)16-19-15(23-20-16)11-21(4)13(3)17(22)18-10-14-8-6-5-7-9-14/h5-9,12-13H,10-11H2,1-4H3,(H,18,22). The molecule has 1 amide bonds. The molecule has 0 fully saturated rings. The van der Waals surface area contributed by atoms with Gasteiger partial charge in [-0.3, -0.25) is 9.69 Å². The zero-order valence-electron chi connectivity index (χ0n) is 14.1. The molecule has 1 heterocycles. The number of rotatable bonds is 7. The van der Waals surface area contributed by atoms with E-state index in [-0.39, 0.29) is 17.9 Å². The average Bonchev–Trinajstić information content (AvgIpc) is 3.01. The van der Waals surface area contributed by atoms with Crippen molar-refractivity contribution in [2.24, 2.45) is 0 Å². The molecule has 0 aliphatic heterocycles. The van der Waals surface area contributed by atoms with Gasteiger partial charge >= 0.3 is 0 Å². The Morgan fingerprint density at radius 2 is 1.96 bits per heavy atom. The lowest BCUT2D eigenvalue weighted by atomic mass is 10.2. The van der Waals surface area contributed by atoms with Crippen LogP contribution in [0.3, 0.4) is 0 Å². The van der Waals surface area contributed by atoms with E-state index in [0.717, 1.165) is 5.56 Å². The lowest BCUT2D eigenvalue weighted by Crippen LogP contribution is -2.42. The maximum Gasteiger partial charge on any atom is 0.240 e. The second-order valence-electron chi connectivity index (χ2n) is 6.00. The first-order chi connectivity index (χ1) is 11.0. The highest BCUT2D eigenvalue weighted by molar-refractivity contribution is 5.81. The lowest BCUT2D eigenvalue weighted by molar-refractivity contribution is -0.125. The molecule has 1 N–H and O–H groups in total. The molecule has 1 atom stereocenters. The van der Waals surface area contributed by atoms with Gasteiger partial charge in [-0.1, -0.05) is 49.3 Å². The molecule has 2 rings (SSSR count). The molecule has 0 radical (unpaired) electrons. The molecule has 0 spiro atoms. The molecule has 0 bridgehead atoms. The van der Waals surface area contributed by atoms with Crippen molar-refractivity contribution in [3.63, 3.8) is 0 Å². The number of amides is 1. The van der Waals surface area contributed by atoms with Gasteiger partial charge in [0.1, 0.15) is 0 Å². The van der Waals surface area contributed by atoms with Crippen LogP contribution in [0.4, 0.5) is 0 Å². The van der Waals surface area contributed by atoms with Crippen molar-refractivity contribution < 1.29 is 9.32 Å². The van der Waals surface area contributed by atoms with Crippen molar-refractivity contribution in [3.8, 4) is 0 Å². The number of carbonyl (C=O) groups excluding carboxylic acids is 1. The Balaban J connectivity index is 1.85. The molecule has 23 heavy (non-hydrogen) atoms. The predicted molar refractivity (Wildman–Crippen MR) is 87.6 cm³/mol. The summed E-state index contributed by atoms with van der Waals surface area (Å²) in [5, 5.41) is 6.88. The van der Waals surface area contributed by atoms with Gasteiger partial charge in [0.25, 0.3) is 0 Å². The van der Waals surface area contributed by atoms with Crippen molar-refractivity contribution in [2.75, 3.05) is 7.05 Å². The van der Waals surface area contributed by atoms with Crippen LogP contribution in [0.5, 0.6) is 0 Å². The summed E-state index contributed by atoms with van der Waals surface area (Å²) in [5.74, 6) is 1.41. The summed E-state index contributed by atoms with van der Waals surface area (Å²) >= 11 is 0. The van der Waals surface area contributed by atoms with Crippen LogP contribution < -0.4 is 5.32 Å². The number of nitrogens with zero attached hydrogens (tertiary/aromatic N) is 3. The van der Waals surface area contributed by atoms with Crippen molar-refractivity contribution in [3.05, 3.63) is 47.6 Å². The van der Waals surface area contributed by atoms with Crippen molar-refractivity contribution in [2.45, 2.75) is 45.8 Å². The minimum Gasteiger partial charge on any atom is -0.351 e. The van der Waals surface area contributed by atoms with E-state index in [0.29, 0.717) is 24.8 Å². The molecular weight excluding hydrogens is 292 g/mol. The van der Waals surface area contributed by atoms with Crippen LogP contribution in [0.1, 0.15) is 44.0 Å². The van der Waals surface area contributed by atoms with Crippen LogP contribution in [-0.4, -0.2) is 34.0 Å². The number of likely N-dealkylation sites (N-methyl/N-ethyl adjacent to an activating group) is 1. The van der Waals surface area contributed by atoms with Gasteiger partial charge in [0.05, 0.1) is 12.6 Å². The number of aromatic nitrogens is 2. The highest BCUT2D eigenvalue weighted by Crippen LogP contribution is 2.11. The molecular formula is C17H24N4O2. The van der Waals surface area contributed by atoms with Crippen molar-refractivity contribution >= 4 is 5.91 Å². The smallest absolute Gasteiger partial charge is 0.240 e. The summed E-state index contributed by atoms with van der Waals surface area (Å²) in [7, 11) is 1.87. The van der Waals surface area contributed by atoms with Gasteiger partial charge in [-0.05, 0) is 19.5 Å². The molecule has 2 aromatic rings. The van der Waals surface area contributed by atoms with Gasteiger partial charge in [0.2, 0.25) is 11.8 Å². The van der Waals surface area contributed by atoms with Gasteiger partial charge in [0, 0.05) is 12.5 Å². The predicted octanol–water partition coefficient (Wildman–Crippen LogP) is 2.33. The number of nitrogens with one attached hydrogen (secondary N) is 1. The second kappa shape index (κ2) is 7.87. The number of hydrogen-bond acceptors (Lipinski definition) is 5. The molecule has 6 heteroatoms. The van der Waals surface area contributed by atoms with Gasteiger partial charge < -0.3 is 9.84 Å². The Hall–Kier alpha value is -2.21. The van der Waals surface area contributed by atoms with Crippen LogP contribution in [0.2, 0.25) is 0 Å². The van der Waals surface area contributed by atoms with E-state index in [1.54, 1.807) is 0 Å². The molecule has 0 saturated heterocycles. The normalized spacial score (nSPS) is 12.6. The summed E-state index contributed by atoms with van der Waals surface area (Å²) in [5.41, 5.74) is 1.08. The van der Waals surface area contributed by atoms with Gasteiger partial charge in [-0.25, -0.2) is 0 Å². The zero-order valence-corrected chi connectivity index (χ0v) is 14.1. The van der Waals surface area contributed by atoms with Crippen molar-refractivity contribution in [1.29, 1.82) is 0 Å². The molecule has 0 aliphatic carbocycles. The van der Waals surface area contributed by atoms with E-state index in [2.05, 4.69) is 15.5 Å². The number of benzene rings is 1. The molecule has 1 aromatic carbocycles. The van der Waals surface area contributed by atoms with Crippen molar-refractivity contribution in [1.82, 2.24) is 20.4 Å². The second-order valence-corrected chi connectivity index (χ2v) is 6.00. The zero-order chi connectivity index (χ0) is 16.8. The minimum absolute atomic E-state index is 0.0278. The fourth-order valence-electron chi connectivity index (χ4n) is 2.05. The highest BCUT2D eigenvalue weighted by atomic mass is 16.5. The maximum atomic E-state index is 12.2. The molecule has 124 valence electrons. The van der Waals surface area contributed by atoms with Crippen LogP contribution in [0.15, 0.2) is 34.9 Å². The fraction of sp³-hybridized carbons (Fsp3) is 0.471. The summed E-state index contributed by atoms with van der Waals surface area (Å²) in [4.78, 5) is 18.5. The van der Waals surface area contributed by atoms with E-state index in [1.807, 2.05) is 63.1 Å². The Morgan fingerprint density at radius 1 is 1.26 bits per heavy atom. The lowest BCUT2D eigenvalue weighted by Gasteiger charge is -2.22. The Kier molecular flexibility index (Phi) is 5.87. The van der Waals surface area contributed by atoms with Gasteiger partial charge in [-0.2, -0.15) is 4.98 Å². The van der Waals surface area contributed by atoms with Crippen LogP contribution in [0.25, 0.3) is 0 Å². The minimum atomic E-state index is -0.284. The SMILES string of the molecule is CC(C)c1noc(CN(C)C(C)C(=O)NCc2ccccc2)n1. The van der Waals surface area contributed by atoms with Gasteiger partial charge in [0.15, 0.2) is 5.82 Å². The average molecular weight is 316 g/mol. The Labute approximate surface area is 136 Å². The van der Waals surface area contributed by atoms with Crippen LogP contribution in [0, 0.1) is 0 Å². The molecule has 6 nitrogen and oxygen atoms in total. The fourth-order valence-corrected chi connectivity index (χ4v) is 2.05. The van der Waals surface area contributed by atoms with Gasteiger partial charge in [-0.15, -0.1) is 0 Å². The topological polar surface area (TPSA) is 71.3 Å². The largest absolute Gasteiger partial charge is 0.351 e. The summed E-state index contributed by atoms with van der Waals surface area (Å²) in [6.45, 7) is 6.85. The molecule has 0 saturated carbocycles. The van der Waals surface area contributed by atoms with E-state index in [1.165, 1.54) is 0 Å². The highest BCUT2D eigenvalue weighted by Gasteiger charge is 2.20. The third-order valence-corrected chi connectivity index (χ3v) is 3.74. The molecule has 0 aliphatic rings.